The van der Waals surface area contributed by atoms with Gasteiger partial charge in [0.2, 0.25) is 0 Å². The van der Waals surface area contributed by atoms with Crippen LogP contribution in [0.5, 0.6) is 0 Å². The number of aromatic carboxylic acids is 1. The fourth-order valence-electron chi connectivity index (χ4n) is 4.39. The summed E-state index contributed by atoms with van der Waals surface area (Å²) in [5.41, 5.74) is 3.69. The molecule has 1 aromatic carbocycles. The van der Waals surface area contributed by atoms with Crippen molar-refractivity contribution in [3.63, 3.8) is 0 Å². The van der Waals surface area contributed by atoms with Gasteiger partial charge in [0.05, 0.1) is 11.1 Å². The summed E-state index contributed by atoms with van der Waals surface area (Å²) in [7, 11) is 0. The zero-order chi connectivity index (χ0) is 21.8. The number of carbonyl (C=O) groups excluding carboxylic acids is 1. The fraction of sp³-hybridized carbons (Fsp3) is 0.375. The number of aryl methyl sites for hydroxylation is 1. The van der Waals surface area contributed by atoms with E-state index in [0.717, 1.165) is 42.5 Å². The van der Waals surface area contributed by atoms with Gasteiger partial charge >= 0.3 is 12.1 Å². The number of rotatable bonds is 6. The molecule has 1 aliphatic rings. The number of carbonyl (C=O) groups is 2. The minimum absolute atomic E-state index is 0.258. The molecule has 0 saturated carbocycles. The van der Waals surface area contributed by atoms with E-state index in [9.17, 15) is 14.7 Å². The molecule has 31 heavy (non-hydrogen) atoms. The van der Waals surface area contributed by atoms with E-state index in [1.165, 1.54) is 0 Å². The van der Waals surface area contributed by atoms with Gasteiger partial charge in [-0.3, -0.25) is 0 Å². The molecule has 0 unspecified atom stereocenters. The van der Waals surface area contributed by atoms with Gasteiger partial charge in [0, 0.05) is 25.0 Å². The Morgan fingerprint density at radius 3 is 2.58 bits per heavy atom. The lowest BCUT2D eigenvalue weighted by Crippen LogP contribution is -2.38. The smallest absolute Gasteiger partial charge is 0.410 e. The maximum atomic E-state index is 12.4. The van der Waals surface area contributed by atoms with Crippen molar-refractivity contribution in [2.45, 2.75) is 39.2 Å². The third-order valence-corrected chi connectivity index (χ3v) is 6.15. The van der Waals surface area contributed by atoms with Gasteiger partial charge in [0.1, 0.15) is 6.61 Å². The van der Waals surface area contributed by atoms with E-state index in [4.69, 9.17) is 4.74 Å². The quantitative estimate of drug-likeness (QED) is 0.641. The molecule has 1 amide bonds. The molecular formula is C24H27N3O4. The first-order chi connectivity index (χ1) is 15.0. The van der Waals surface area contributed by atoms with Crippen LogP contribution in [0.2, 0.25) is 0 Å². The van der Waals surface area contributed by atoms with Gasteiger partial charge in [-0.05, 0) is 61.8 Å². The zero-order valence-corrected chi connectivity index (χ0v) is 17.7. The Labute approximate surface area is 181 Å². The summed E-state index contributed by atoms with van der Waals surface area (Å²) in [6, 6.07) is 13.2. The molecule has 1 fully saturated rings. The summed E-state index contributed by atoms with van der Waals surface area (Å²) in [5.74, 6) is -0.434. The third kappa shape index (κ3) is 4.55. The van der Waals surface area contributed by atoms with E-state index in [-0.39, 0.29) is 6.09 Å². The molecule has 7 heteroatoms. The van der Waals surface area contributed by atoms with Gasteiger partial charge in [-0.15, -0.1) is 0 Å². The highest BCUT2D eigenvalue weighted by Gasteiger charge is 2.25. The number of hydrogen-bond acceptors (Lipinski definition) is 4. The van der Waals surface area contributed by atoms with E-state index >= 15 is 0 Å². The van der Waals surface area contributed by atoms with Gasteiger partial charge < -0.3 is 14.7 Å². The molecule has 1 saturated heterocycles. The molecule has 0 atom stereocenters. The zero-order valence-electron chi connectivity index (χ0n) is 17.7. The normalized spacial score (nSPS) is 14.7. The van der Waals surface area contributed by atoms with Crippen LogP contribution in [-0.2, 0) is 17.8 Å². The molecule has 0 radical (unpaired) electrons. The molecule has 162 valence electrons. The Morgan fingerprint density at radius 2 is 1.87 bits per heavy atom. The molecule has 3 aromatic rings. The third-order valence-electron chi connectivity index (χ3n) is 6.15. The Hall–Kier alpha value is -3.35. The number of ether oxygens (including phenoxy) is 1. The van der Waals surface area contributed by atoms with Gasteiger partial charge in [0.15, 0.2) is 0 Å². The number of carboxylic acids is 1. The number of hydrogen-bond donors (Lipinski definition) is 1. The van der Waals surface area contributed by atoms with Gasteiger partial charge in [-0.1, -0.05) is 30.3 Å². The van der Waals surface area contributed by atoms with Crippen molar-refractivity contribution >= 4 is 17.6 Å². The highest BCUT2D eigenvalue weighted by molar-refractivity contribution is 5.98. The second kappa shape index (κ2) is 9.20. The summed E-state index contributed by atoms with van der Waals surface area (Å²) in [6.07, 6.45) is 4.96. The number of amides is 1. The highest BCUT2D eigenvalue weighted by atomic mass is 16.6. The van der Waals surface area contributed by atoms with Gasteiger partial charge in [-0.2, -0.15) is 5.10 Å². The fourth-order valence-corrected chi connectivity index (χ4v) is 4.39. The van der Waals surface area contributed by atoms with Crippen molar-refractivity contribution in [2.24, 2.45) is 5.92 Å². The van der Waals surface area contributed by atoms with Crippen LogP contribution in [0.3, 0.4) is 0 Å². The lowest BCUT2D eigenvalue weighted by molar-refractivity contribution is 0.0698. The maximum Gasteiger partial charge on any atom is 0.410 e. The summed E-state index contributed by atoms with van der Waals surface area (Å²) >= 11 is 0. The molecule has 0 bridgehead atoms. The van der Waals surface area contributed by atoms with E-state index < -0.39 is 5.97 Å². The Balaban J connectivity index is 1.31. The number of aromatic nitrogens is 2. The van der Waals surface area contributed by atoms with Gasteiger partial charge in [-0.25, -0.2) is 14.1 Å². The number of fused-ring (bicyclic) bond motifs is 1. The largest absolute Gasteiger partial charge is 0.478 e. The molecule has 0 spiro atoms. The van der Waals surface area contributed by atoms with Crippen LogP contribution in [0.4, 0.5) is 4.79 Å². The number of carboxylic acid groups (broad SMARTS) is 1. The lowest BCUT2D eigenvalue weighted by atomic mass is 9.91. The molecule has 0 aliphatic carbocycles. The number of piperidine rings is 1. The van der Waals surface area contributed by atoms with Crippen LogP contribution >= 0.6 is 0 Å². The van der Waals surface area contributed by atoms with E-state index in [0.29, 0.717) is 36.7 Å². The Bertz CT molecular complexity index is 1070. The first kappa shape index (κ1) is 20.9. The second-order valence-electron chi connectivity index (χ2n) is 8.08. The molecule has 1 N–H and O–H groups in total. The van der Waals surface area contributed by atoms with Crippen LogP contribution in [-0.4, -0.2) is 44.8 Å². The Kier molecular flexibility index (Phi) is 6.21. The Morgan fingerprint density at radius 1 is 1.13 bits per heavy atom. The molecular weight excluding hydrogens is 394 g/mol. The van der Waals surface area contributed by atoms with Crippen molar-refractivity contribution in [1.29, 1.82) is 0 Å². The minimum atomic E-state index is -0.920. The average molecular weight is 421 g/mol. The van der Waals surface area contributed by atoms with Crippen molar-refractivity contribution in [3.8, 4) is 0 Å². The number of likely N-dealkylation sites (tertiary alicyclic amines) is 1. The lowest BCUT2D eigenvalue weighted by Gasteiger charge is -2.31. The molecule has 3 heterocycles. The topological polar surface area (TPSA) is 84.1 Å². The number of benzene rings is 1. The predicted molar refractivity (Wildman–Crippen MR) is 116 cm³/mol. The van der Waals surface area contributed by atoms with Crippen molar-refractivity contribution < 1.29 is 19.4 Å². The molecule has 7 nitrogen and oxygen atoms in total. The number of nitrogens with zero attached hydrogens (tertiary/aromatic N) is 3. The van der Waals surface area contributed by atoms with E-state index in [2.05, 4.69) is 5.10 Å². The SMILES string of the molecule is Cc1c(C(=O)O)c2cccnn2c1CCC1CCN(C(=O)OCc2ccccc2)CC1. The highest BCUT2D eigenvalue weighted by Crippen LogP contribution is 2.27. The first-order valence-corrected chi connectivity index (χ1v) is 10.7. The molecule has 2 aromatic heterocycles. The van der Waals surface area contributed by atoms with Crippen LogP contribution in [0, 0.1) is 12.8 Å². The van der Waals surface area contributed by atoms with Crippen molar-refractivity contribution in [3.05, 3.63) is 71.0 Å². The second-order valence-corrected chi connectivity index (χ2v) is 8.08. The van der Waals surface area contributed by atoms with Crippen molar-refractivity contribution in [2.75, 3.05) is 13.1 Å². The predicted octanol–water partition coefficient (Wildman–Crippen LogP) is 4.32. The summed E-state index contributed by atoms with van der Waals surface area (Å²) in [6.45, 7) is 3.52. The summed E-state index contributed by atoms with van der Waals surface area (Å²) < 4.78 is 7.20. The summed E-state index contributed by atoms with van der Waals surface area (Å²) in [5, 5.41) is 14.0. The van der Waals surface area contributed by atoms with E-state index in [1.807, 2.05) is 37.3 Å². The van der Waals surface area contributed by atoms with Crippen LogP contribution in [0.15, 0.2) is 48.7 Å². The summed E-state index contributed by atoms with van der Waals surface area (Å²) in [4.78, 5) is 25.8. The van der Waals surface area contributed by atoms with E-state index in [1.54, 1.807) is 27.7 Å². The standard InChI is InChI=1S/C24H27N3O4/c1-17-20(27-21(8-5-13-25-27)22(17)23(28)29)10-9-18-11-14-26(15-12-18)24(30)31-16-19-6-3-2-4-7-19/h2-8,13,18H,9-12,14-16H2,1H3,(H,28,29). The van der Waals surface area contributed by atoms with Crippen LogP contribution in [0.25, 0.3) is 5.52 Å². The van der Waals surface area contributed by atoms with Crippen LogP contribution in [0.1, 0.15) is 46.4 Å². The minimum Gasteiger partial charge on any atom is -0.478 e. The molecule has 4 rings (SSSR count). The first-order valence-electron chi connectivity index (χ1n) is 10.7. The van der Waals surface area contributed by atoms with Crippen LogP contribution < -0.4 is 0 Å². The van der Waals surface area contributed by atoms with Gasteiger partial charge in [0.25, 0.3) is 0 Å². The maximum absolute atomic E-state index is 12.4. The van der Waals surface area contributed by atoms with Crippen molar-refractivity contribution in [1.82, 2.24) is 14.5 Å². The monoisotopic (exact) mass is 421 g/mol. The molecule has 1 aliphatic heterocycles. The average Bonchev–Trinajstić information content (AvgIpc) is 3.08.